The van der Waals surface area contributed by atoms with Crippen LogP contribution in [0.5, 0.6) is 0 Å². The van der Waals surface area contributed by atoms with Gasteiger partial charge in [0, 0.05) is 24.7 Å². The van der Waals surface area contributed by atoms with Crippen molar-refractivity contribution < 1.29 is 38.2 Å². The van der Waals surface area contributed by atoms with Crippen molar-refractivity contribution in [2.24, 2.45) is 33.5 Å². The van der Waals surface area contributed by atoms with Crippen LogP contribution in [0.4, 0.5) is 0 Å². The molecule has 4 aliphatic carbocycles. The summed E-state index contributed by atoms with van der Waals surface area (Å²) in [5.74, 6) is -2.63. The zero-order valence-corrected chi connectivity index (χ0v) is 23.6. The van der Waals surface area contributed by atoms with Crippen molar-refractivity contribution in [3.8, 4) is 0 Å². The maximum Gasteiger partial charge on any atom is 0.303 e. The molecule has 4 saturated carbocycles. The molecule has 10 nitrogen and oxygen atoms in total. The van der Waals surface area contributed by atoms with E-state index < -0.39 is 56.9 Å². The molecule has 4 bridgehead atoms. The van der Waals surface area contributed by atoms with Crippen LogP contribution in [0.25, 0.3) is 0 Å². The fraction of sp³-hybridized carbons (Fsp3) is 0.786. The smallest absolute Gasteiger partial charge is 0.303 e. The van der Waals surface area contributed by atoms with E-state index >= 15 is 0 Å². The van der Waals surface area contributed by atoms with Crippen LogP contribution in [0, 0.1) is 38.7 Å². The maximum absolute atomic E-state index is 14.4. The average Bonchev–Trinajstić information content (AvgIpc) is 3.46. The van der Waals surface area contributed by atoms with Crippen LogP contribution in [0.15, 0.2) is 4.63 Å². The van der Waals surface area contributed by atoms with Gasteiger partial charge >= 0.3 is 11.9 Å². The minimum atomic E-state index is -1.66. The summed E-state index contributed by atoms with van der Waals surface area (Å²) in [6, 6.07) is 0. The van der Waals surface area contributed by atoms with E-state index in [0.717, 1.165) is 12.8 Å². The normalized spacial score (nSPS) is 39.8. The van der Waals surface area contributed by atoms with E-state index in [2.05, 4.69) is 19.0 Å². The molecule has 0 aromatic carbocycles. The average molecular weight is 531 g/mol. The zero-order valence-electron chi connectivity index (χ0n) is 23.6. The number of Topliss-reactive ketones (excluding diaryl/α,β-unsaturated/α-hetero) is 2. The first kappa shape index (κ1) is 26.8. The van der Waals surface area contributed by atoms with E-state index in [-0.39, 0.29) is 40.4 Å². The van der Waals surface area contributed by atoms with Gasteiger partial charge in [-0.25, -0.2) is 0 Å². The van der Waals surface area contributed by atoms with Crippen LogP contribution in [0.1, 0.15) is 115 Å². The van der Waals surface area contributed by atoms with Crippen molar-refractivity contribution in [2.75, 3.05) is 0 Å². The second-order valence-corrected chi connectivity index (χ2v) is 13.6. The minimum Gasteiger partial charge on any atom is -0.450 e. The topological polar surface area (TPSA) is 140 Å². The summed E-state index contributed by atoms with van der Waals surface area (Å²) < 4.78 is 16.6. The highest BCUT2D eigenvalue weighted by atomic mass is 16.8. The molecule has 0 saturated heterocycles. The number of rotatable bonds is 6. The number of fused-ring (bicyclic) bond motifs is 4. The van der Waals surface area contributed by atoms with Crippen LogP contribution in [-0.2, 0) is 19.1 Å². The quantitative estimate of drug-likeness (QED) is 0.303. The molecule has 38 heavy (non-hydrogen) atoms. The summed E-state index contributed by atoms with van der Waals surface area (Å²) in [5, 5.41) is 16.8. The molecule has 10 heteroatoms. The maximum atomic E-state index is 14.4. The first-order valence-electron chi connectivity index (χ1n) is 13.5. The lowest BCUT2D eigenvalue weighted by atomic mass is 9.61. The van der Waals surface area contributed by atoms with Gasteiger partial charge in [0.25, 0.3) is 23.0 Å². The number of ether oxygens (including phenoxy) is 2. The van der Waals surface area contributed by atoms with Crippen molar-refractivity contribution in [3.63, 3.8) is 0 Å². The summed E-state index contributed by atoms with van der Waals surface area (Å²) in [6.45, 7) is 14.5. The summed E-state index contributed by atoms with van der Waals surface area (Å²) in [6.07, 6.45) is 3.47. The number of hydrogen-bond acceptors (Lipinski definition) is 9. The summed E-state index contributed by atoms with van der Waals surface area (Å²) >= 11 is 0. The fourth-order valence-corrected chi connectivity index (χ4v) is 9.05. The monoisotopic (exact) mass is 530 g/mol. The van der Waals surface area contributed by atoms with E-state index in [9.17, 15) is 24.4 Å². The Morgan fingerprint density at radius 3 is 1.58 bits per heavy atom. The lowest BCUT2D eigenvalue weighted by Crippen LogP contribution is -2.59. The van der Waals surface area contributed by atoms with Gasteiger partial charge < -0.3 is 14.7 Å². The largest absolute Gasteiger partial charge is 0.450 e. The van der Waals surface area contributed by atoms with Crippen molar-refractivity contribution in [1.29, 1.82) is 0 Å². The predicted molar refractivity (Wildman–Crippen MR) is 132 cm³/mol. The number of esters is 2. The van der Waals surface area contributed by atoms with Gasteiger partial charge in [0.05, 0.1) is 5.16 Å². The standard InChI is InChI=1S/C28H38N2O8/c1-15(31)36-27(13-17-9-11-25(27,7)23(17,3)4)21(33)19-20(30(35)38-29-19)22(34)28(37-16(2)32)14-18-10-12-26(28,8)24(18,5)6/h17-18H,9-14H2,1-8H3. The molecule has 1 heterocycles. The highest BCUT2D eigenvalue weighted by Gasteiger charge is 2.77. The molecule has 0 aliphatic heterocycles. The third-order valence-corrected chi connectivity index (χ3v) is 12.1. The fourth-order valence-electron chi connectivity index (χ4n) is 9.05. The van der Waals surface area contributed by atoms with Gasteiger partial charge in [-0.2, -0.15) is 0 Å². The first-order chi connectivity index (χ1) is 17.4. The Morgan fingerprint density at radius 2 is 1.24 bits per heavy atom. The third kappa shape index (κ3) is 2.84. The van der Waals surface area contributed by atoms with Gasteiger partial charge in [-0.3, -0.25) is 23.8 Å². The van der Waals surface area contributed by atoms with Gasteiger partial charge in [0.15, 0.2) is 11.2 Å². The van der Waals surface area contributed by atoms with Crippen molar-refractivity contribution in [3.05, 3.63) is 16.6 Å². The Hall–Kier alpha value is -2.78. The second kappa shape index (κ2) is 7.66. The SMILES string of the molecule is CC(=O)OC1(C(=O)c2no[n+]([O-])c2C(=O)C2(OC(C)=O)CC3CCC2(C)C3(C)C)CC2CCC1(C)C2(C)C. The number of carbonyl (C=O) groups is 4. The van der Waals surface area contributed by atoms with E-state index in [4.69, 9.17) is 14.1 Å². The van der Waals surface area contributed by atoms with Gasteiger partial charge in [0.1, 0.15) is 0 Å². The Kier molecular flexibility index (Phi) is 5.40. The molecule has 1 aromatic rings. The molecule has 6 atom stereocenters. The number of ketones is 2. The molecule has 1 aromatic heterocycles. The summed E-state index contributed by atoms with van der Waals surface area (Å²) in [5.41, 5.74) is -6.61. The van der Waals surface area contributed by atoms with Crippen molar-refractivity contribution in [2.45, 2.75) is 105 Å². The highest BCUT2D eigenvalue weighted by Crippen LogP contribution is 2.72. The molecule has 4 aliphatic rings. The Balaban J connectivity index is 1.66. The lowest BCUT2D eigenvalue weighted by molar-refractivity contribution is -0.803. The van der Waals surface area contributed by atoms with E-state index in [0.29, 0.717) is 12.8 Å². The van der Waals surface area contributed by atoms with E-state index in [1.165, 1.54) is 13.8 Å². The molecule has 6 unspecified atom stereocenters. The van der Waals surface area contributed by atoms with Gasteiger partial charge in [-0.1, -0.05) is 41.5 Å². The Labute approximate surface area is 222 Å². The van der Waals surface area contributed by atoms with Crippen LogP contribution < -0.4 is 4.90 Å². The number of hydrogen-bond donors (Lipinski definition) is 0. The van der Waals surface area contributed by atoms with Gasteiger partial charge in [-0.15, -0.1) is 0 Å². The molecule has 0 N–H and O–H groups in total. The summed E-state index contributed by atoms with van der Waals surface area (Å²) in [4.78, 5) is 53.5. The number of aromatic nitrogens is 2. The predicted octanol–water partition coefficient (Wildman–Crippen LogP) is 3.97. The van der Waals surface area contributed by atoms with Crippen molar-refractivity contribution in [1.82, 2.24) is 5.16 Å². The van der Waals surface area contributed by atoms with Crippen LogP contribution in [0.3, 0.4) is 0 Å². The van der Waals surface area contributed by atoms with Gasteiger partial charge in [-0.05, 0) is 66.1 Å². The Bertz CT molecular complexity index is 1270. The molecule has 4 fully saturated rings. The first-order valence-corrected chi connectivity index (χ1v) is 13.5. The molecular formula is C28H38N2O8. The second-order valence-electron chi connectivity index (χ2n) is 13.6. The molecule has 0 spiro atoms. The molecule has 208 valence electrons. The van der Waals surface area contributed by atoms with Crippen LogP contribution in [-0.4, -0.2) is 39.9 Å². The molecule has 0 amide bonds. The van der Waals surface area contributed by atoms with Crippen LogP contribution in [0.2, 0.25) is 0 Å². The van der Waals surface area contributed by atoms with Gasteiger partial charge in [0.2, 0.25) is 0 Å². The molecule has 5 rings (SSSR count). The van der Waals surface area contributed by atoms with Crippen molar-refractivity contribution >= 4 is 23.5 Å². The lowest BCUT2D eigenvalue weighted by Gasteiger charge is -2.46. The highest BCUT2D eigenvalue weighted by molar-refractivity contribution is 6.13. The minimum absolute atomic E-state index is 0.0642. The summed E-state index contributed by atoms with van der Waals surface area (Å²) in [7, 11) is 0. The van der Waals surface area contributed by atoms with E-state index in [1.54, 1.807) is 0 Å². The third-order valence-electron chi connectivity index (χ3n) is 12.1. The number of nitrogens with zero attached hydrogens (tertiary/aromatic N) is 2. The Morgan fingerprint density at radius 1 is 0.816 bits per heavy atom. The zero-order chi connectivity index (χ0) is 28.3. The van der Waals surface area contributed by atoms with Crippen LogP contribution >= 0.6 is 0 Å². The number of carbonyl (C=O) groups excluding carboxylic acids is 4. The molecular weight excluding hydrogens is 492 g/mol. The molecule has 0 radical (unpaired) electrons. The van der Waals surface area contributed by atoms with E-state index in [1.807, 2.05) is 27.7 Å².